The number of carbonyl (C=O) groups excluding carboxylic acids is 1. The Bertz CT molecular complexity index is 509. The minimum absolute atomic E-state index is 0.0323. The van der Waals surface area contributed by atoms with Crippen molar-refractivity contribution in [2.75, 3.05) is 13.1 Å². The average molecular weight is 303 g/mol. The summed E-state index contributed by atoms with van der Waals surface area (Å²) in [5.41, 5.74) is -0.822. The van der Waals surface area contributed by atoms with Crippen LogP contribution in [0.15, 0.2) is 24.3 Å². The summed E-state index contributed by atoms with van der Waals surface area (Å²) in [7, 11) is 0. The Kier molecular flexibility index (Phi) is 5.34. The fourth-order valence-corrected chi connectivity index (χ4v) is 1.81. The standard InChI is InChI=1S/C14H16F3NO3/c1-9(2)7-18(8-12(19)20)13(21)10-3-5-11(6-4-10)14(15,16)17/h3-6,9H,7-8H2,1-2H3,(H,19,20). The van der Waals surface area contributed by atoms with Crippen LogP contribution in [-0.2, 0) is 11.0 Å². The highest BCUT2D eigenvalue weighted by Gasteiger charge is 2.30. The van der Waals surface area contributed by atoms with E-state index in [2.05, 4.69) is 0 Å². The van der Waals surface area contributed by atoms with Crippen LogP contribution in [0.2, 0.25) is 0 Å². The number of carboxylic acids is 1. The number of nitrogens with zero attached hydrogens (tertiary/aromatic N) is 1. The van der Waals surface area contributed by atoms with Crippen LogP contribution in [0.25, 0.3) is 0 Å². The lowest BCUT2D eigenvalue weighted by molar-refractivity contribution is -0.138. The molecule has 1 aromatic rings. The summed E-state index contributed by atoms with van der Waals surface area (Å²) in [5, 5.41) is 8.80. The van der Waals surface area contributed by atoms with E-state index >= 15 is 0 Å². The van der Waals surface area contributed by atoms with Gasteiger partial charge in [-0.25, -0.2) is 0 Å². The van der Waals surface area contributed by atoms with E-state index in [0.29, 0.717) is 0 Å². The maximum atomic E-state index is 12.5. The molecular weight excluding hydrogens is 287 g/mol. The lowest BCUT2D eigenvalue weighted by Crippen LogP contribution is -2.38. The molecule has 0 aromatic heterocycles. The molecule has 0 aliphatic rings. The van der Waals surface area contributed by atoms with Crippen molar-refractivity contribution in [2.45, 2.75) is 20.0 Å². The van der Waals surface area contributed by atoms with Crippen molar-refractivity contribution in [1.82, 2.24) is 4.90 Å². The second kappa shape index (κ2) is 6.60. The van der Waals surface area contributed by atoms with E-state index in [1.165, 1.54) is 0 Å². The van der Waals surface area contributed by atoms with Crippen LogP contribution in [0, 0.1) is 5.92 Å². The molecular formula is C14H16F3NO3. The van der Waals surface area contributed by atoms with E-state index in [0.717, 1.165) is 29.2 Å². The number of hydrogen-bond acceptors (Lipinski definition) is 2. The summed E-state index contributed by atoms with van der Waals surface area (Å²) >= 11 is 0. The van der Waals surface area contributed by atoms with Crippen molar-refractivity contribution >= 4 is 11.9 Å². The molecule has 0 saturated carbocycles. The van der Waals surface area contributed by atoms with Crippen LogP contribution >= 0.6 is 0 Å². The van der Waals surface area contributed by atoms with Gasteiger partial charge in [0.1, 0.15) is 6.54 Å². The van der Waals surface area contributed by atoms with Crippen molar-refractivity contribution in [2.24, 2.45) is 5.92 Å². The van der Waals surface area contributed by atoms with Gasteiger partial charge in [-0.2, -0.15) is 13.2 Å². The lowest BCUT2D eigenvalue weighted by atomic mass is 10.1. The summed E-state index contributed by atoms with van der Waals surface area (Å²) in [6.45, 7) is 3.36. The van der Waals surface area contributed by atoms with Crippen LogP contribution in [0.3, 0.4) is 0 Å². The Labute approximate surface area is 120 Å². The molecule has 0 heterocycles. The Balaban J connectivity index is 2.95. The van der Waals surface area contributed by atoms with E-state index in [9.17, 15) is 22.8 Å². The molecule has 0 atom stereocenters. The summed E-state index contributed by atoms with van der Waals surface area (Å²) in [6.07, 6.45) is -4.47. The number of rotatable bonds is 5. The molecule has 1 N–H and O–H groups in total. The van der Waals surface area contributed by atoms with Gasteiger partial charge in [-0.05, 0) is 30.2 Å². The van der Waals surface area contributed by atoms with Crippen LogP contribution in [0.5, 0.6) is 0 Å². The first-order valence-corrected chi connectivity index (χ1v) is 6.29. The largest absolute Gasteiger partial charge is 0.480 e. The molecule has 0 saturated heterocycles. The molecule has 7 heteroatoms. The van der Waals surface area contributed by atoms with Crippen molar-refractivity contribution in [3.63, 3.8) is 0 Å². The predicted molar refractivity (Wildman–Crippen MR) is 69.8 cm³/mol. The molecule has 116 valence electrons. The number of benzene rings is 1. The van der Waals surface area contributed by atoms with Gasteiger partial charge < -0.3 is 10.0 Å². The van der Waals surface area contributed by atoms with Crippen LogP contribution < -0.4 is 0 Å². The molecule has 0 unspecified atom stereocenters. The van der Waals surface area contributed by atoms with Gasteiger partial charge >= 0.3 is 12.1 Å². The van der Waals surface area contributed by atoms with E-state index < -0.39 is 30.2 Å². The fourth-order valence-electron chi connectivity index (χ4n) is 1.81. The maximum Gasteiger partial charge on any atom is 0.416 e. The third kappa shape index (κ3) is 5.09. The molecule has 1 rings (SSSR count). The normalized spacial score (nSPS) is 11.5. The molecule has 0 radical (unpaired) electrons. The molecule has 4 nitrogen and oxygen atoms in total. The number of carbonyl (C=O) groups is 2. The molecule has 21 heavy (non-hydrogen) atoms. The summed E-state index contributed by atoms with van der Waals surface area (Å²) in [5.74, 6) is -1.72. The van der Waals surface area contributed by atoms with Crippen molar-refractivity contribution in [3.8, 4) is 0 Å². The lowest BCUT2D eigenvalue weighted by Gasteiger charge is -2.23. The summed E-state index contributed by atoms with van der Waals surface area (Å²) < 4.78 is 37.4. The van der Waals surface area contributed by atoms with E-state index in [4.69, 9.17) is 5.11 Å². The highest BCUT2D eigenvalue weighted by atomic mass is 19.4. The summed E-state index contributed by atoms with van der Waals surface area (Å²) in [4.78, 5) is 24.0. The quantitative estimate of drug-likeness (QED) is 0.910. The van der Waals surface area contributed by atoms with Crippen molar-refractivity contribution in [3.05, 3.63) is 35.4 Å². The van der Waals surface area contributed by atoms with Gasteiger partial charge in [0.05, 0.1) is 5.56 Å². The molecule has 0 aliphatic heterocycles. The maximum absolute atomic E-state index is 12.5. The monoisotopic (exact) mass is 303 g/mol. The predicted octanol–water partition coefficient (Wildman–Crippen LogP) is 2.89. The Morgan fingerprint density at radius 1 is 1.19 bits per heavy atom. The smallest absolute Gasteiger partial charge is 0.416 e. The zero-order chi connectivity index (χ0) is 16.2. The highest BCUT2D eigenvalue weighted by Crippen LogP contribution is 2.29. The number of hydrogen-bond donors (Lipinski definition) is 1. The highest BCUT2D eigenvalue weighted by molar-refractivity contribution is 5.95. The first kappa shape index (κ1) is 17.0. The fraction of sp³-hybridized carbons (Fsp3) is 0.429. The van der Waals surface area contributed by atoms with Gasteiger partial charge in [0.15, 0.2) is 0 Å². The molecule has 0 aliphatic carbocycles. The number of aliphatic carboxylic acids is 1. The number of alkyl halides is 3. The number of amides is 1. The van der Waals surface area contributed by atoms with Gasteiger partial charge in [-0.1, -0.05) is 13.8 Å². The topological polar surface area (TPSA) is 57.6 Å². The van der Waals surface area contributed by atoms with Gasteiger partial charge in [0.2, 0.25) is 0 Å². The zero-order valence-corrected chi connectivity index (χ0v) is 11.6. The van der Waals surface area contributed by atoms with Crippen LogP contribution in [0.4, 0.5) is 13.2 Å². The Morgan fingerprint density at radius 3 is 2.10 bits per heavy atom. The van der Waals surface area contributed by atoms with Gasteiger partial charge in [0, 0.05) is 12.1 Å². The van der Waals surface area contributed by atoms with Crippen LogP contribution in [0.1, 0.15) is 29.8 Å². The molecule has 0 bridgehead atoms. The SMILES string of the molecule is CC(C)CN(CC(=O)O)C(=O)c1ccc(C(F)(F)F)cc1. The van der Waals surface area contributed by atoms with E-state index in [1.807, 2.05) is 13.8 Å². The summed E-state index contributed by atoms with van der Waals surface area (Å²) in [6, 6.07) is 3.73. The zero-order valence-electron chi connectivity index (χ0n) is 11.6. The van der Waals surface area contributed by atoms with Gasteiger partial charge in [-0.3, -0.25) is 9.59 Å². The van der Waals surface area contributed by atoms with Crippen LogP contribution in [-0.4, -0.2) is 35.0 Å². The third-order valence-electron chi connectivity index (χ3n) is 2.66. The van der Waals surface area contributed by atoms with E-state index in [1.54, 1.807) is 0 Å². The van der Waals surface area contributed by atoms with E-state index in [-0.39, 0.29) is 18.0 Å². The first-order chi connectivity index (χ1) is 9.61. The molecule has 1 aromatic carbocycles. The third-order valence-corrected chi connectivity index (χ3v) is 2.66. The second-order valence-corrected chi connectivity index (χ2v) is 5.05. The minimum Gasteiger partial charge on any atom is -0.480 e. The second-order valence-electron chi connectivity index (χ2n) is 5.05. The molecule has 0 spiro atoms. The van der Waals surface area contributed by atoms with Crippen molar-refractivity contribution in [1.29, 1.82) is 0 Å². The first-order valence-electron chi connectivity index (χ1n) is 6.29. The Morgan fingerprint density at radius 2 is 1.71 bits per heavy atom. The number of halogens is 3. The van der Waals surface area contributed by atoms with Gasteiger partial charge in [0.25, 0.3) is 5.91 Å². The van der Waals surface area contributed by atoms with Gasteiger partial charge in [-0.15, -0.1) is 0 Å². The number of carboxylic acid groups (broad SMARTS) is 1. The Hall–Kier alpha value is -2.05. The molecule has 1 amide bonds. The molecule has 0 fully saturated rings. The van der Waals surface area contributed by atoms with Crippen molar-refractivity contribution < 1.29 is 27.9 Å². The minimum atomic E-state index is -4.47. The average Bonchev–Trinajstić information content (AvgIpc) is 2.35.